The van der Waals surface area contributed by atoms with E-state index in [-0.39, 0.29) is 17.0 Å². The fourth-order valence-corrected chi connectivity index (χ4v) is 1.54. The first-order chi connectivity index (χ1) is 9.11. The molecule has 0 aliphatic heterocycles. The molecule has 0 radical (unpaired) electrons. The molecule has 7 heteroatoms. The van der Waals surface area contributed by atoms with Crippen molar-refractivity contribution in [2.24, 2.45) is 5.16 Å². The standard InChI is InChI=1S/C12H10FN3O3/c1-7-11(10(6-14-18)16-19-7)12(17)15-9-4-2-8(13)3-5-9/h2-6,18H,1H3,(H,15,17)/b14-6+. The minimum atomic E-state index is -0.486. The van der Waals surface area contributed by atoms with Crippen molar-refractivity contribution in [3.05, 3.63) is 47.1 Å². The molecule has 1 amide bonds. The zero-order chi connectivity index (χ0) is 13.8. The highest BCUT2D eigenvalue weighted by atomic mass is 19.1. The molecule has 19 heavy (non-hydrogen) atoms. The van der Waals surface area contributed by atoms with Crippen molar-refractivity contribution >= 4 is 17.8 Å². The number of amides is 1. The van der Waals surface area contributed by atoms with Gasteiger partial charge in [0.15, 0.2) is 0 Å². The maximum Gasteiger partial charge on any atom is 0.261 e. The summed E-state index contributed by atoms with van der Waals surface area (Å²) >= 11 is 0. The summed E-state index contributed by atoms with van der Waals surface area (Å²) in [5.41, 5.74) is 0.695. The van der Waals surface area contributed by atoms with E-state index < -0.39 is 11.7 Å². The van der Waals surface area contributed by atoms with E-state index in [1.165, 1.54) is 24.3 Å². The molecule has 6 nitrogen and oxygen atoms in total. The molecule has 0 saturated carbocycles. The summed E-state index contributed by atoms with van der Waals surface area (Å²) in [5, 5.41) is 17.4. The van der Waals surface area contributed by atoms with Gasteiger partial charge in [0, 0.05) is 5.69 Å². The minimum absolute atomic E-state index is 0.111. The number of anilines is 1. The Hall–Kier alpha value is -2.70. The van der Waals surface area contributed by atoms with Gasteiger partial charge in [0.25, 0.3) is 5.91 Å². The Morgan fingerprint density at radius 2 is 2.16 bits per heavy atom. The van der Waals surface area contributed by atoms with Gasteiger partial charge in [0.05, 0.1) is 6.21 Å². The second-order valence-corrected chi connectivity index (χ2v) is 3.70. The lowest BCUT2D eigenvalue weighted by Gasteiger charge is -2.04. The SMILES string of the molecule is Cc1onc(/C=N/O)c1C(=O)Nc1ccc(F)cc1. The van der Waals surface area contributed by atoms with E-state index in [1.54, 1.807) is 6.92 Å². The van der Waals surface area contributed by atoms with Crippen molar-refractivity contribution in [1.29, 1.82) is 0 Å². The summed E-state index contributed by atoms with van der Waals surface area (Å²) < 4.78 is 17.6. The molecule has 0 saturated heterocycles. The van der Waals surface area contributed by atoms with Crippen LogP contribution in [0.15, 0.2) is 33.9 Å². The van der Waals surface area contributed by atoms with E-state index >= 15 is 0 Å². The second-order valence-electron chi connectivity index (χ2n) is 3.70. The van der Waals surface area contributed by atoms with Crippen LogP contribution >= 0.6 is 0 Å². The molecule has 1 aromatic carbocycles. The third-order valence-corrected chi connectivity index (χ3v) is 2.40. The Morgan fingerprint density at radius 3 is 2.79 bits per heavy atom. The number of nitrogens with one attached hydrogen (secondary N) is 1. The van der Waals surface area contributed by atoms with Gasteiger partial charge in [-0.1, -0.05) is 10.3 Å². The molecule has 0 fully saturated rings. The zero-order valence-electron chi connectivity index (χ0n) is 9.92. The highest BCUT2D eigenvalue weighted by molar-refractivity contribution is 6.09. The molecule has 98 valence electrons. The van der Waals surface area contributed by atoms with Crippen molar-refractivity contribution in [1.82, 2.24) is 5.16 Å². The second kappa shape index (κ2) is 5.30. The number of hydrogen-bond donors (Lipinski definition) is 2. The molecule has 0 spiro atoms. The first-order valence-corrected chi connectivity index (χ1v) is 5.32. The largest absolute Gasteiger partial charge is 0.411 e. The average molecular weight is 263 g/mol. The monoisotopic (exact) mass is 263 g/mol. The molecule has 2 aromatic rings. The lowest BCUT2D eigenvalue weighted by Crippen LogP contribution is -2.14. The molecule has 0 atom stereocenters. The van der Waals surface area contributed by atoms with Crippen LogP contribution in [0.3, 0.4) is 0 Å². The summed E-state index contributed by atoms with van der Waals surface area (Å²) in [4.78, 5) is 12.0. The first kappa shape index (κ1) is 12.7. The number of halogens is 1. The maximum absolute atomic E-state index is 12.7. The predicted octanol–water partition coefficient (Wildman–Crippen LogP) is 2.18. The van der Waals surface area contributed by atoms with Gasteiger partial charge in [-0.15, -0.1) is 0 Å². The third kappa shape index (κ3) is 2.76. The lowest BCUT2D eigenvalue weighted by atomic mass is 10.2. The number of oxime groups is 1. The summed E-state index contributed by atoms with van der Waals surface area (Å²) in [6.07, 6.45) is 0.996. The Bertz CT molecular complexity index is 620. The molecular formula is C12H10FN3O3. The predicted molar refractivity (Wildman–Crippen MR) is 65.0 cm³/mol. The Labute approximate surface area is 107 Å². The minimum Gasteiger partial charge on any atom is -0.411 e. The van der Waals surface area contributed by atoms with Crippen LogP contribution in [-0.2, 0) is 0 Å². The van der Waals surface area contributed by atoms with E-state index in [0.29, 0.717) is 5.69 Å². The van der Waals surface area contributed by atoms with Crippen LogP contribution in [0.25, 0.3) is 0 Å². The zero-order valence-corrected chi connectivity index (χ0v) is 9.92. The van der Waals surface area contributed by atoms with Crippen molar-refractivity contribution in [3.63, 3.8) is 0 Å². The van der Waals surface area contributed by atoms with Crippen LogP contribution in [-0.4, -0.2) is 22.5 Å². The molecule has 0 unspecified atom stereocenters. The van der Waals surface area contributed by atoms with E-state index in [2.05, 4.69) is 15.6 Å². The van der Waals surface area contributed by atoms with E-state index in [0.717, 1.165) is 6.21 Å². The Kier molecular flexibility index (Phi) is 3.56. The Morgan fingerprint density at radius 1 is 1.47 bits per heavy atom. The molecule has 0 aliphatic carbocycles. The number of carbonyl (C=O) groups is 1. The fourth-order valence-electron chi connectivity index (χ4n) is 1.54. The third-order valence-electron chi connectivity index (χ3n) is 2.40. The number of carbonyl (C=O) groups excluding carboxylic acids is 1. The van der Waals surface area contributed by atoms with Gasteiger partial charge in [-0.05, 0) is 31.2 Å². The number of nitrogens with zero attached hydrogens (tertiary/aromatic N) is 2. The quantitative estimate of drug-likeness (QED) is 0.504. The van der Waals surface area contributed by atoms with Crippen LogP contribution in [0.5, 0.6) is 0 Å². The van der Waals surface area contributed by atoms with Gasteiger partial charge in [-0.25, -0.2) is 4.39 Å². The van der Waals surface area contributed by atoms with Gasteiger partial charge >= 0.3 is 0 Å². The summed E-state index contributed by atoms with van der Waals surface area (Å²) in [5.74, 6) is -0.595. The normalized spacial score (nSPS) is 10.8. The van der Waals surface area contributed by atoms with E-state index in [9.17, 15) is 9.18 Å². The van der Waals surface area contributed by atoms with Crippen LogP contribution in [0.1, 0.15) is 21.8 Å². The molecular weight excluding hydrogens is 253 g/mol. The number of aromatic nitrogens is 1. The summed E-state index contributed by atoms with van der Waals surface area (Å²) in [6, 6.07) is 5.31. The Balaban J connectivity index is 2.25. The summed E-state index contributed by atoms with van der Waals surface area (Å²) in [7, 11) is 0. The summed E-state index contributed by atoms with van der Waals surface area (Å²) in [6.45, 7) is 1.56. The van der Waals surface area contributed by atoms with Gasteiger partial charge in [-0.2, -0.15) is 0 Å². The van der Waals surface area contributed by atoms with Crippen molar-refractivity contribution in [2.75, 3.05) is 5.32 Å². The topological polar surface area (TPSA) is 87.7 Å². The average Bonchev–Trinajstić information content (AvgIpc) is 2.74. The molecule has 1 aromatic heterocycles. The van der Waals surface area contributed by atoms with Gasteiger partial charge in [0.2, 0.25) is 0 Å². The van der Waals surface area contributed by atoms with E-state index in [4.69, 9.17) is 9.73 Å². The molecule has 0 aliphatic rings. The van der Waals surface area contributed by atoms with Gasteiger partial charge in [-0.3, -0.25) is 4.79 Å². The van der Waals surface area contributed by atoms with Crippen molar-refractivity contribution < 1.29 is 18.9 Å². The lowest BCUT2D eigenvalue weighted by molar-refractivity contribution is 0.102. The number of benzene rings is 1. The highest BCUT2D eigenvalue weighted by Crippen LogP contribution is 2.15. The van der Waals surface area contributed by atoms with Crippen LogP contribution < -0.4 is 5.32 Å². The molecule has 2 rings (SSSR count). The smallest absolute Gasteiger partial charge is 0.261 e. The molecule has 1 heterocycles. The first-order valence-electron chi connectivity index (χ1n) is 5.32. The molecule has 0 bridgehead atoms. The molecule has 2 N–H and O–H groups in total. The van der Waals surface area contributed by atoms with E-state index in [1.807, 2.05) is 0 Å². The number of hydrogen-bond acceptors (Lipinski definition) is 5. The number of aryl methyl sites for hydroxylation is 1. The van der Waals surface area contributed by atoms with Crippen molar-refractivity contribution in [3.8, 4) is 0 Å². The van der Waals surface area contributed by atoms with Crippen molar-refractivity contribution in [2.45, 2.75) is 6.92 Å². The van der Waals surface area contributed by atoms with Crippen LogP contribution in [0, 0.1) is 12.7 Å². The van der Waals surface area contributed by atoms with Gasteiger partial charge < -0.3 is 15.0 Å². The number of rotatable bonds is 3. The maximum atomic E-state index is 12.7. The van der Waals surface area contributed by atoms with Crippen LogP contribution in [0.2, 0.25) is 0 Å². The van der Waals surface area contributed by atoms with Gasteiger partial charge in [0.1, 0.15) is 22.8 Å². The highest BCUT2D eigenvalue weighted by Gasteiger charge is 2.19. The van der Waals surface area contributed by atoms with Crippen LogP contribution in [0.4, 0.5) is 10.1 Å². The fraction of sp³-hybridized carbons (Fsp3) is 0.0833.